The molecule has 0 aromatic heterocycles. The van der Waals surface area contributed by atoms with Crippen LogP contribution in [0.1, 0.15) is 32.3 Å². The van der Waals surface area contributed by atoms with Crippen molar-refractivity contribution in [3.05, 3.63) is 35.9 Å². The van der Waals surface area contributed by atoms with Gasteiger partial charge in [0.15, 0.2) is 0 Å². The van der Waals surface area contributed by atoms with E-state index in [1.165, 1.54) is 8.61 Å². The van der Waals surface area contributed by atoms with Crippen LogP contribution in [0, 0.1) is 5.92 Å². The predicted octanol–water partition coefficient (Wildman–Crippen LogP) is 1.84. The Morgan fingerprint density at radius 2 is 1.82 bits per heavy atom. The molecule has 22 heavy (non-hydrogen) atoms. The highest BCUT2D eigenvalue weighted by atomic mass is 32.2. The molecule has 6 heteroatoms. The lowest BCUT2D eigenvalue weighted by Crippen LogP contribution is -2.50. The normalized spacial score (nSPS) is 17.4. The minimum absolute atomic E-state index is 0.123. The van der Waals surface area contributed by atoms with E-state index in [-0.39, 0.29) is 24.6 Å². The third-order valence-corrected chi connectivity index (χ3v) is 6.43. The fourth-order valence-electron chi connectivity index (χ4n) is 2.52. The Hall–Kier alpha value is -0.950. The monoisotopic (exact) mass is 326 g/mol. The topological polar surface area (TPSA) is 60.9 Å². The van der Waals surface area contributed by atoms with E-state index in [1.807, 2.05) is 44.2 Å². The molecule has 1 fully saturated rings. The molecular weight excluding hydrogens is 300 g/mol. The molecule has 1 atom stereocenters. The summed E-state index contributed by atoms with van der Waals surface area (Å²) in [7, 11) is -2.01. The molecule has 5 nitrogen and oxygen atoms in total. The number of aliphatic hydroxyl groups excluding tert-OH is 1. The van der Waals surface area contributed by atoms with Gasteiger partial charge >= 0.3 is 0 Å². The van der Waals surface area contributed by atoms with Crippen LogP contribution in [0.25, 0.3) is 0 Å². The van der Waals surface area contributed by atoms with Gasteiger partial charge in [-0.05, 0) is 38.2 Å². The van der Waals surface area contributed by atoms with Crippen LogP contribution in [0.4, 0.5) is 0 Å². The highest BCUT2D eigenvalue weighted by Crippen LogP contribution is 2.37. The summed E-state index contributed by atoms with van der Waals surface area (Å²) in [5, 5.41) is 9.74. The van der Waals surface area contributed by atoms with Gasteiger partial charge in [0.2, 0.25) is 0 Å². The van der Waals surface area contributed by atoms with Crippen LogP contribution in [0.15, 0.2) is 30.3 Å². The van der Waals surface area contributed by atoms with Crippen LogP contribution in [0.3, 0.4) is 0 Å². The van der Waals surface area contributed by atoms with E-state index >= 15 is 0 Å². The third kappa shape index (κ3) is 3.87. The molecule has 1 aromatic carbocycles. The molecule has 124 valence electrons. The predicted molar refractivity (Wildman–Crippen MR) is 87.4 cm³/mol. The van der Waals surface area contributed by atoms with Crippen molar-refractivity contribution in [3.63, 3.8) is 0 Å². The second kappa shape index (κ2) is 7.08. The van der Waals surface area contributed by atoms with Crippen LogP contribution in [-0.4, -0.2) is 47.9 Å². The quantitative estimate of drug-likeness (QED) is 0.793. The lowest BCUT2D eigenvalue weighted by Gasteiger charge is -2.34. The first-order valence-corrected chi connectivity index (χ1v) is 9.17. The van der Waals surface area contributed by atoms with Gasteiger partial charge in [0.05, 0.1) is 12.6 Å². The molecule has 0 heterocycles. The standard InChI is InChI=1S/C16H26N2O3S/c1-13(2)17(3)22(20,21)18(16(12-19)15-9-10-15)11-14-7-5-4-6-8-14/h4-8,13,15-16,19H,9-12H2,1-3H3. The minimum Gasteiger partial charge on any atom is -0.395 e. The molecule has 1 aromatic rings. The number of rotatable bonds is 8. The van der Waals surface area contributed by atoms with Gasteiger partial charge in [0.25, 0.3) is 10.2 Å². The molecule has 1 aliphatic rings. The van der Waals surface area contributed by atoms with Gasteiger partial charge in [-0.15, -0.1) is 0 Å². The molecule has 1 unspecified atom stereocenters. The first kappa shape index (κ1) is 17.4. The summed E-state index contributed by atoms with van der Waals surface area (Å²) in [6.07, 6.45) is 1.97. The molecule has 1 N–H and O–H groups in total. The first-order valence-electron chi connectivity index (χ1n) is 7.77. The van der Waals surface area contributed by atoms with Crippen molar-refractivity contribution >= 4 is 10.2 Å². The van der Waals surface area contributed by atoms with Gasteiger partial charge in [0, 0.05) is 19.6 Å². The maximum atomic E-state index is 12.9. The summed E-state index contributed by atoms with van der Waals surface area (Å²) >= 11 is 0. The highest BCUT2D eigenvalue weighted by molar-refractivity contribution is 7.86. The van der Waals surface area contributed by atoms with E-state index < -0.39 is 10.2 Å². The fourth-order valence-corrected chi connectivity index (χ4v) is 4.28. The number of nitrogens with zero attached hydrogens (tertiary/aromatic N) is 2. The van der Waals surface area contributed by atoms with Crippen LogP contribution in [0.2, 0.25) is 0 Å². The average molecular weight is 326 g/mol. The van der Waals surface area contributed by atoms with Crippen LogP contribution in [0.5, 0.6) is 0 Å². The van der Waals surface area contributed by atoms with E-state index in [0.29, 0.717) is 6.54 Å². The Labute approximate surface area is 133 Å². The number of aliphatic hydroxyl groups is 1. The molecule has 0 saturated heterocycles. The maximum absolute atomic E-state index is 12.9. The lowest BCUT2D eigenvalue weighted by atomic mass is 10.1. The van der Waals surface area contributed by atoms with E-state index in [1.54, 1.807) is 7.05 Å². The van der Waals surface area contributed by atoms with Crippen molar-refractivity contribution in [1.82, 2.24) is 8.61 Å². The zero-order chi connectivity index (χ0) is 16.3. The molecule has 0 aliphatic heterocycles. The van der Waals surface area contributed by atoms with Crippen molar-refractivity contribution in [1.29, 1.82) is 0 Å². The van der Waals surface area contributed by atoms with Gasteiger partial charge < -0.3 is 5.11 Å². The molecule has 0 spiro atoms. The van der Waals surface area contributed by atoms with Crippen molar-refractivity contribution in [2.24, 2.45) is 5.92 Å². The Balaban J connectivity index is 2.32. The maximum Gasteiger partial charge on any atom is 0.282 e. The van der Waals surface area contributed by atoms with E-state index in [0.717, 1.165) is 18.4 Å². The Bertz CT molecular complexity index is 570. The second-order valence-electron chi connectivity index (χ2n) is 6.24. The van der Waals surface area contributed by atoms with Gasteiger partial charge in [-0.25, -0.2) is 0 Å². The molecule has 2 rings (SSSR count). The van der Waals surface area contributed by atoms with Crippen molar-refractivity contribution in [3.8, 4) is 0 Å². The lowest BCUT2D eigenvalue weighted by molar-refractivity contribution is 0.158. The van der Waals surface area contributed by atoms with E-state index in [9.17, 15) is 13.5 Å². The Morgan fingerprint density at radius 1 is 1.23 bits per heavy atom. The SMILES string of the molecule is CC(C)N(C)S(=O)(=O)N(Cc1ccccc1)C(CO)C1CC1. The fraction of sp³-hybridized carbons (Fsp3) is 0.625. The van der Waals surface area contributed by atoms with Crippen LogP contribution < -0.4 is 0 Å². The smallest absolute Gasteiger partial charge is 0.282 e. The van der Waals surface area contributed by atoms with Crippen molar-refractivity contribution in [2.45, 2.75) is 45.3 Å². The first-order chi connectivity index (χ1) is 10.4. The van der Waals surface area contributed by atoms with Crippen LogP contribution >= 0.6 is 0 Å². The number of benzene rings is 1. The van der Waals surface area contributed by atoms with Gasteiger partial charge in [-0.2, -0.15) is 17.0 Å². The summed E-state index contributed by atoms with van der Waals surface area (Å²) in [5.74, 6) is 0.268. The Kier molecular flexibility index (Phi) is 5.60. The largest absolute Gasteiger partial charge is 0.395 e. The molecule has 0 amide bonds. The van der Waals surface area contributed by atoms with Crippen molar-refractivity contribution in [2.75, 3.05) is 13.7 Å². The Morgan fingerprint density at radius 3 is 2.27 bits per heavy atom. The van der Waals surface area contributed by atoms with Crippen molar-refractivity contribution < 1.29 is 13.5 Å². The summed E-state index contributed by atoms with van der Waals surface area (Å²) in [6.45, 7) is 3.86. The molecule has 0 radical (unpaired) electrons. The van der Waals surface area contributed by atoms with E-state index in [2.05, 4.69) is 0 Å². The number of hydrogen-bond donors (Lipinski definition) is 1. The zero-order valence-electron chi connectivity index (χ0n) is 13.5. The number of hydrogen-bond acceptors (Lipinski definition) is 3. The van der Waals surface area contributed by atoms with Gasteiger partial charge in [-0.3, -0.25) is 0 Å². The van der Waals surface area contributed by atoms with E-state index in [4.69, 9.17) is 0 Å². The zero-order valence-corrected chi connectivity index (χ0v) is 14.3. The molecule has 0 bridgehead atoms. The minimum atomic E-state index is -3.61. The van der Waals surface area contributed by atoms with Gasteiger partial charge in [0.1, 0.15) is 0 Å². The summed E-state index contributed by atoms with van der Waals surface area (Å²) in [6, 6.07) is 9.08. The third-order valence-electron chi connectivity index (χ3n) is 4.29. The van der Waals surface area contributed by atoms with Gasteiger partial charge in [-0.1, -0.05) is 30.3 Å². The average Bonchev–Trinajstić information content (AvgIpc) is 3.32. The molecular formula is C16H26N2O3S. The summed E-state index contributed by atoms with van der Waals surface area (Å²) < 4.78 is 28.7. The van der Waals surface area contributed by atoms with Crippen LogP contribution in [-0.2, 0) is 16.8 Å². The highest BCUT2D eigenvalue weighted by Gasteiger charge is 2.42. The molecule has 1 aliphatic carbocycles. The summed E-state index contributed by atoms with van der Waals surface area (Å²) in [5.41, 5.74) is 0.933. The second-order valence-corrected chi connectivity index (χ2v) is 8.18. The molecule has 1 saturated carbocycles. The summed E-state index contributed by atoms with van der Waals surface area (Å²) in [4.78, 5) is 0.